The number of aromatic nitrogens is 2. The van der Waals surface area contributed by atoms with Gasteiger partial charge in [0, 0.05) is 24.0 Å². The molecule has 3 aromatic rings. The highest BCUT2D eigenvalue weighted by molar-refractivity contribution is 7.80. The second-order valence-corrected chi connectivity index (χ2v) is 6.99. The van der Waals surface area contributed by atoms with Gasteiger partial charge in [0.2, 0.25) is 0 Å². The monoisotopic (exact) mass is 378 g/mol. The van der Waals surface area contributed by atoms with Gasteiger partial charge in [0.25, 0.3) is 0 Å². The van der Waals surface area contributed by atoms with Crippen LogP contribution in [0.5, 0.6) is 5.75 Å². The number of nitrogens with zero attached hydrogens (tertiary/aromatic N) is 3. The van der Waals surface area contributed by atoms with E-state index in [2.05, 4.69) is 16.0 Å². The lowest BCUT2D eigenvalue weighted by atomic mass is 10.2. The summed E-state index contributed by atoms with van der Waals surface area (Å²) < 4.78 is 7.43. The lowest BCUT2D eigenvalue weighted by Gasteiger charge is -2.13. The second kappa shape index (κ2) is 7.88. The number of ether oxygens (including phenoxy) is 1. The number of hydrogen-bond donors (Lipinski definition) is 1. The Morgan fingerprint density at radius 2 is 1.93 bits per heavy atom. The number of rotatable bonds is 2. The molecule has 0 saturated carbocycles. The lowest BCUT2D eigenvalue weighted by molar-refractivity contribution is 0.415. The molecular formula is C21H22N4OS. The molecule has 4 rings (SSSR count). The Morgan fingerprint density at radius 3 is 2.74 bits per heavy atom. The third-order valence-electron chi connectivity index (χ3n) is 4.79. The molecule has 0 atom stereocenters. The number of methoxy groups -OCH3 is 1. The third-order valence-corrected chi connectivity index (χ3v) is 4.99. The standard InChI is InChI=1S/C21H22N4OS/c1-26-16-12-10-15(11-13-16)22-21(27)24-20-17-7-4-5-8-18(17)23-19-9-3-2-6-14-25(19)20/h4-5,7-8,10-13H,2-3,6,9,14H2,1H3,(H,22,27). The number of hydrogen-bond acceptors (Lipinski definition) is 3. The zero-order valence-corrected chi connectivity index (χ0v) is 16.1. The van der Waals surface area contributed by atoms with Crippen molar-refractivity contribution in [3.8, 4) is 5.75 Å². The van der Waals surface area contributed by atoms with Crippen LogP contribution in [0.4, 0.5) is 5.69 Å². The predicted molar refractivity (Wildman–Crippen MR) is 112 cm³/mol. The summed E-state index contributed by atoms with van der Waals surface area (Å²) in [5.41, 5.74) is 2.75. The molecule has 1 aliphatic heterocycles. The number of fused-ring (bicyclic) bond motifs is 2. The van der Waals surface area contributed by atoms with E-state index in [0.29, 0.717) is 5.11 Å². The van der Waals surface area contributed by atoms with Gasteiger partial charge in [-0.3, -0.25) is 0 Å². The smallest absolute Gasteiger partial charge is 0.199 e. The number of aryl methyl sites for hydroxylation is 1. The molecule has 5 nitrogen and oxygen atoms in total. The predicted octanol–water partition coefficient (Wildman–Crippen LogP) is 4.07. The number of para-hydroxylation sites is 1. The van der Waals surface area contributed by atoms with Crippen LogP contribution in [0.15, 0.2) is 53.5 Å². The molecule has 0 fully saturated rings. The van der Waals surface area contributed by atoms with Gasteiger partial charge in [-0.2, -0.15) is 0 Å². The van der Waals surface area contributed by atoms with E-state index in [1.165, 1.54) is 12.8 Å². The highest BCUT2D eigenvalue weighted by Gasteiger charge is 2.12. The summed E-state index contributed by atoms with van der Waals surface area (Å²) in [5, 5.41) is 4.67. The number of nitrogens with one attached hydrogen (secondary N) is 1. The van der Waals surface area contributed by atoms with E-state index in [1.807, 2.05) is 42.5 Å². The van der Waals surface area contributed by atoms with Gasteiger partial charge < -0.3 is 14.6 Å². The lowest BCUT2D eigenvalue weighted by Crippen LogP contribution is -2.28. The molecule has 0 radical (unpaired) electrons. The number of thiocarbonyl (C=S) groups is 1. The Kier molecular flexibility index (Phi) is 5.16. The van der Waals surface area contributed by atoms with Crippen LogP contribution >= 0.6 is 12.2 Å². The van der Waals surface area contributed by atoms with Crippen LogP contribution in [-0.4, -0.2) is 21.8 Å². The fourth-order valence-corrected chi connectivity index (χ4v) is 3.63. The minimum atomic E-state index is 0.440. The van der Waals surface area contributed by atoms with Crippen molar-refractivity contribution in [3.63, 3.8) is 0 Å². The molecule has 0 bridgehead atoms. The fourth-order valence-electron chi connectivity index (χ4n) is 3.43. The summed E-state index contributed by atoms with van der Waals surface area (Å²) in [6.45, 7) is 0.928. The summed E-state index contributed by atoms with van der Waals surface area (Å²) in [5.74, 6) is 1.90. The Bertz CT molecular complexity index is 1040. The van der Waals surface area contributed by atoms with Crippen molar-refractivity contribution in [1.82, 2.24) is 9.55 Å². The maximum atomic E-state index is 5.54. The van der Waals surface area contributed by atoms with E-state index in [4.69, 9.17) is 26.9 Å². The van der Waals surface area contributed by atoms with Gasteiger partial charge in [-0.05, 0) is 61.5 Å². The van der Waals surface area contributed by atoms with Crippen molar-refractivity contribution in [1.29, 1.82) is 0 Å². The van der Waals surface area contributed by atoms with Crippen molar-refractivity contribution in [3.05, 3.63) is 59.8 Å². The van der Waals surface area contributed by atoms with E-state index in [9.17, 15) is 0 Å². The number of benzene rings is 2. The Balaban J connectivity index is 1.76. The van der Waals surface area contributed by atoms with Gasteiger partial charge in [-0.1, -0.05) is 18.6 Å². The largest absolute Gasteiger partial charge is 0.497 e. The van der Waals surface area contributed by atoms with Crippen LogP contribution in [0.25, 0.3) is 10.9 Å². The van der Waals surface area contributed by atoms with Crippen LogP contribution in [-0.2, 0) is 13.0 Å². The second-order valence-electron chi connectivity index (χ2n) is 6.60. The quantitative estimate of drug-likeness (QED) is 0.683. The summed E-state index contributed by atoms with van der Waals surface area (Å²) in [4.78, 5) is 9.66. The molecule has 1 N–H and O–H groups in total. The van der Waals surface area contributed by atoms with Crippen LogP contribution in [0, 0.1) is 0 Å². The van der Waals surface area contributed by atoms with Gasteiger partial charge in [0.15, 0.2) is 5.11 Å². The van der Waals surface area contributed by atoms with E-state index in [1.54, 1.807) is 7.11 Å². The van der Waals surface area contributed by atoms with E-state index in [-0.39, 0.29) is 0 Å². The van der Waals surface area contributed by atoms with Gasteiger partial charge in [-0.15, -0.1) is 0 Å². The first-order valence-corrected chi connectivity index (χ1v) is 9.63. The van der Waals surface area contributed by atoms with E-state index >= 15 is 0 Å². The van der Waals surface area contributed by atoms with Crippen molar-refractivity contribution >= 4 is 33.9 Å². The first-order valence-electron chi connectivity index (χ1n) is 9.23. The van der Waals surface area contributed by atoms with Gasteiger partial charge >= 0.3 is 0 Å². The van der Waals surface area contributed by atoms with Crippen molar-refractivity contribution in [2.75, 3.05) is 12.4 Å². The molecule has 2 heterocycles. The zero-order chi connectivity index (χ0) is 18.6. The normalized spacial score (nSPS) is 14.5. The molecule has 1 aliphatic rings. The minimum Gasteiger partial charge on any atom is -0.497 e. The highest BCUT2D eigenvalue weighted by Crippen LogP contribution is 2.16. The SMILES string of the molecule is COc1ccc(NC(=S)N=c2c3ccccc3nc3n2CCCCC3)cc1. The van der Waals surface area contributed by atoms with Gasteiger partial charge in [0.1, 0.15) is 17.1 Å². The molecular weight excluding hydrogens is 356 g/mol. The molecule has 6 heteroatoms. The van der Waals surface area contributed by atoms with E-state index in [0.717, 1.165) is 53.0 Å². The zero-order valence-electron chi connectivity index (χ0n) is 15.3. The average Bonchev–Trinajstić information content (AvgIpc) is 2.94. The molecule has 0 aliphatic carbocycles. The van der Waals surface area contributed by atoms with Crippen molar-refractivity contribution in [2.24, 2.45) is 4.99 Å². The van der Waals surface area contributed by atoms with Crippen LogP contribution < -0.4 is 15.5 Å². The summed E-state index contributed by atoms with van der Waals surface area (Å²) in [6.07, 6.45) is 4.50. The van der Waals surface area contributed by atoms with Crippen molar-refractivity contribution in [2.45, 2.75) is 32.2 Å². The molecule has 138 valence electrons. The maximum Gasteiger partial charge on any atom is 0.199 e. The Hall–Kier alpha value is -2.73. The molecule has 0 amide bonds. The molecule has 0 unspecified atom stereocenters. The van der Waals surface area contributed by atoms with Crippen LogP contribution in [0.1, 0.15) is 25.1 Å². The fraction of sp³-hybridized carbons (Fsp3) is 0.286. The van der Waals surface area contributed by atoms with Gasteiger partial charge in [-0.25, -0.2) is 9.98 Å². The molecule has 27 heavy (non-hydrogen) atoms. The van der Waals surface area contributed by atoms with Crippen LogP contribution in [0.2, 0.25) is 0 Å². The first kappa shape index (κ1) is 17.7. The average molecular weight is 379 g/mol. The topological polar surface area (TPSA) is 51.4 Å². The van der Waals surface area contributed by atoms with E-state index < -0.39 is 0 Å². The summed E-state index contributed by atoms with van der Waals surface area (Å²) in [7, 11) is 1.65. The molecule has 0 spiro atoms. The Labute approximate surface area is 163 Å². The molecule has 2 aromatic carbocycles. The van der Waals surface area contributed by atoms with Crippen LogP contribution in [0.3, 0.4) is 0 Å². The van der Waals surface area contributed by atoms with Crippen molar-refractivity contribution < 1.29 is 4.74 Å². The third kappa shape index (κ3) is 3.85. The molecule has 0 saturated heterocycles. The number of anilines is 1. The van der Waals surface area contributed by atoms with Gasteiger partial charge in [0.05, 0.1) is 12.6 Å². The Morgan fingerprint density at radius 1 is 1.11 bits per heavy atom. The summed E-state index contributed by atoms with van der Waals surface area (Å²) in [6, 6.07) is 15.8. The first-order chi connectivity index (χ1) is 13.2. The summed E-state index contributed by atoms with van der Waals surface area (Å²) >= 11 is 5.54. The minimum absolute atomic E-state index is 0.440. The maximum absolute atomic E-state index is 5.54. The highest BCUT2D eigenvalue weighted by atomic mass is 32.1. The molecule has 1 aromatic heterocycles.